The highest BCUT2D eigenvalue weighted by molar-refractivity contribution is 5.69. The summed E-state index contributed by atoms with van der Waals surface area (Å²) in [4.78, 5) is 49.0. The summed E-state index contributed by atoms with van der Waals surface area (Å²) >= 11 is 0. The molecule has 0 saturated heterocycles. The van der Waals surface area contributed by atoms with Gasteiger partial charge >= 0.3 is 11.9 Å². The molecule has 2 rings (SSSR count). The van der Waals surface area contributed by atoms with E-state index in [-0.39, 0.29) is 61.0 Å². The second-order valence-electron chi connectivity index (χ2n) is 8.26. The third kappa shape index (κ3) is 8.02. The largest absolute Gasteiger partial charge is 0.506 e. The van der Waals surface area contributed by atoms with Gasteiger partial charge in [-0.3, -0.25) is 29.4 Å². The monoisotopic (exact) mass is 507 g/mol. The summed E-state index contributed by atoms with van der Waals surface area (Å²) < 4.78 is 0. The average molecular weight is 508 g/mol. The third-order valence-corrected chi connectivity index (χ3v) is 5.53. The Morgan fingerprint density at radius 1 is 0.917 bits per heavy atom. The molecule has 2 heterocycles. The number of hydrogen-bond donors (Lipinski definition) is 4. The molecule has 14 heteroatoms. The second-order valence-corrected chi connectivity index (χ2v) is 8.26. The highest BCUT2D eigenvalue weighted by atomic mass is 16.9. The Morgan fingerprint density at radius 3 is 1.89 bits per heavy atom. The lowest BCUT2D eigenvalue weighted by Gasteiger charge is -2.27. The van der Waals surface area contributed by atoms with Gasteiger partial charge in [0.1, 0.15) is 18.1 Å². The third-order valence-electron chi connectivity index (χ3n) is 5.53. The first kappa shape index (κ1) is 28.2. The Bertz CT molecular complexity index is 1130. The Labute approximate surface area is 206 Å². The zero-order valence-electron chi connectivity index (χ0n) is 20.2. The maximum Gasteiger partial charge on any atom is 0.317 e. The van der Waals surface area contributed by atoms with Crippen molar-refractivity contribution in [1.29, 1.82) is 0 Å². The molecule has 0 aliphatic carbocycles. The van der Waals surface area contributed by atoms with Crippen molar-refractivity contribution in [2.24, 2.45) is 0 Å². The highest BCUT2D eigenvalue weighted by Crippen LogP contribution is 2.27. The van der Waals surface area contributed by atoms with Crippen LogP contribution in [0.3, 0.4) is 0 Å². The molecule has 0 unspecified atom stereocenters. The van der Waals surface area contributed by atoms with Crippen molar-refractivity contribution in [1.82, 2.24) is 19.8 Å². The van der Waals surface area contributed by atoms with E-state index in [0.717, 1.165) is 0 Å². The summed E-state index contributed by atoms with van der Waals surface area (Å²) in [6, 6.07) is 0. The minimum Gasteiger partial charge on any atom is -0.506 e. The van der Waals surface area contributed by atoms with Crippen molar-refractivity contribution in [3.63, 3.8) is 0 Å². The topological polar surface area (TPSA) is 200 Å². The first-order chi connectivity index (χ1) is 16.9. The molecule has 14 nitrogen and oxygen atoms in total. The fourth-order valence-corrected chi connectivity index (χ4v) is 3.59. The standard InChI is InChI=1S/C22H29N5O9/c1-13-6-23-14(2)21(32)17(13)8-25(10-19(28)29)4-5-26(11-20(30)31)9-18-16(12-36-27(34)35)7-24-15(3)22(18)33/h6-7,32-33H,4-5,8-12H2,1-3H3,(H,28,29)(H,30,31). The number of aromatic hydroxyl groups is 2. The van der Waals surface area contributed by atoms with Crippen molar-refractivity contribution in [2.45, 2.75) is 40.5 Å². The zero-order chi connectivity index (χ0) is 27.0. The molecule has 196 valence electrons. The lowest BCUT2D eigenvalue weighted by Crippen LogP contribution is -2.39. The van der Waals surface area contributed by atoms with Gasteiger partial charge in [0.15, 0.2) is 0 Å². The molecule has 2 aromatic rings. The van der Waals surface area contributed by atoms with E-state index in [1.807, 2.05) is 0 Å². The van der Waals surface area contributed by atoms with Gasteiger partial charge < -0.3 is 25.3 Å². The van der Waals surface area contributed by atoms with Gasteiger partial charge in [0.25, 0.3) is 5.09 Å². The van der Waals surface area contributed by atoms with E-state index < -0.39 is 30.2 Å². The summed E-state index contributed by atoms with van der Waals surface area (Å²) in [5.41, 5.74) is 2.25. The van der Waals surface area contributed by atoms with E-state index in [1.165, 1.54) is 22.9 Å². The summed E-state index contributed by atoms with van der Waals surface area (Å²) in [6.07, 6.45) is 2.88. The smallest absolute Gasteiger partial charge is 0.317 e. The minimum atomic E-state index is -1.16. The maximum atomic E-state index is 11.5. The molecular weight excluding hydrogens is 478 g/mol. The van der Waals surface area contributed by atoms with Crippen LogP contribution >= 0.6 is 0 Å². The maximum absolute atomic E-state index is 11.5. The van der Waals surface area contributed by atoms with Crippen molar-refractivity contribution in [2.75, 3.05) is 26.2 Å². The van der Waals surface area contributed by atoms with Gasteiger partial charge in [-0.2, -0.15) is 0 Å². The number of aliphatic carboxylic acids is 2. The van der Waals surface area contributed by atoms with Crippen LogP contribution in [0, 0.1) is 30.9 Å². The first-order valence-electron chi connectivity index (χ1n) is 10.8. The van der Waals surface area contributed by atoms with Gasteiger partial charge in [0.2, 0.25) is 0 Å². The molecule has 0 aliphatic rings. The number of carbonyl (C=O) groups is 2. The number of hydrogen-bond acceptors (Lipinski definition) is 11. The summed E-state index contributed by atoms with van der Waals surface area (Å²) in [6.45, 7) is 3.71. The van der Waals surface area contributed by atoms with E-state index in [0.29, 0.717) is 16.8 Å². The van der Waals surface area contributed by atoms with Crippen LogP contribution in [0.5, 0.6) is 11.5 Å². The number of rotatable bonds is 14. The van der Waals surface area contributed by atoms with Crippen LogP contribution in [-0.2, 0) is 34.1 Å². The molecular formula is C22H29N5O9. The van der Waals surface area contributed by atoms with Crippen molar-refractivity contribution in [3.8, 4) is 11.5 Å². The fourth-order valence-electron chi connectivity index (χ4n) is 3.59. The Morgan fingerprint density at radius 2 is 1.39 bits per heavy atom. The minimum absolute atomic E-state index is 0.0413. The lowest BCUT2D eigenvalue weighted by atomic mass is 10.1. The van der Waals surface area contributed by atoms with E-state index in [2.05, 4.69) is 14.8 Å². The number of aryl methyl sites for hydroxylation is 3. The molecule has 0 saturated carbocycles. The highest BCUT2D eigenvalue weighted by Gasteiger charge is 2.21. The van der Waals surface area contributed by atoms with E-state index in [9.17, 15) is 40.1 Å². The predicted molar refractivity (Wildman–Crippen MR) is 124 cm³/mol. The van der Waals surface area contributed by atoms with Gasteiger partial charge in [0.05, 0.1) is 24.5 Å². The summed E-state index contributed by atoms with van der Waals surface area (Å²) in [7, 11) is 0. The molecule has 0 aromatic carbocycles. The fraction of sp³-hybridized carbons (Fsp3) is 0.455. The normalized spacial score (nSPS) is 11.1. The van der Waals surface area contributed by atoms with Gasteiger partial charge in [-0.15, -0.1) is 10.1 Å². The Hall–Kier alpha value is -4.04. The molecule has 0 atom stereocenters. The van der Waals surface area contributed by atoms with Crippen LogP contribution in [-0.4, -0.2) is 83.4 Å². The SMILES string of the molecule is Cc1cnc(C)c(O)c1CN(CCN(CC(=O)O)Cc1c(CO[N+](=O)[O-])cnc(C)c1O)CC(=O)O. The van der Waals surface area contributed by atoms with Crippen molar-refractivity contribution in [3.05, 3.63) is 56.1 Å². The number of pyridine rings is 2. The molecule has 0 radical (unpaired) electrons. The van der Waals surface area contributed by atoms with Crippen LogP contribution in [0.4, 0.5) is 0 Å². The van der Waals surface area contributed by atoms with E-state index >= 15 is 0 Å². The molecule has 0 fully saturated rings. The van der Waals surface area contributed by atoms with Crippen molar-refractivity contribution < 1.29 is 39.9 Å². The van der Waals surface area contributed by atoms with Crippen LogP contribution in [0.25, 0.3) is 0 Å². The molecule has 0 aliphatic heterocycles. The number of carboxylic acids is 2. The van der Waals surface area contributed by atoms with Gasteiger partial charge in [0, 0.05) is 55.3 Å². The zero-order valence-corrected chi connectivity index (χ0v) is 20.2. The van der Waals surface area contributed by atoms with Crippen molar-refractivity contribution >= 4 is 11.9 Å². The van der Waals surface area contributed by atoms with E-state index in [1.54, 1.807) is 20.0 Å². The number of nitrogens with zero attached hydrogens (tertiary/aromatic N) is 5. The predicted octanol–water partition coefficient (Wildman–Crippen LogP) is 0.995. The number of aromatic nitrogens is 2. The van der Waals surface area contributed by atoms with E-state index in [4.69, 9.17) is 0 Å². The Balaban J connectivity index is 2.28. The first-order valence-corrected chi connectivity index (χ1v) is 10.8. The average Bonchev–Trinajstić information content (AvgIpc) is 2.78. The van der Waals surface area contributed by atoms with Gasteiger partial charge in [-0.05, 0) is 26.3 Å². The quantitative estimate of drug-likeness (QED) is 0.209. The lowest BCUT2D eigenvalue weighted by molar-refractivity contribution is -0.763. The Kier molecular flexibility index (Phi) is 9.87. The van der Waals surface area contributed by atoms with Gasteiger partial charge in [-0.25, -0.2) is 0 Å². The van der Waals surface area contributed by atoms with Crippen LogP contribution in [0.15, 0.2) is 12.4 Å². The van der Waals surface area contributed by atoms with Crippen LogP contribution in [0.2, 0.25) is 0 Å². The molecule has 36 heavy (non-hydrogen) atoms. The molecule has 2 aromatic heterocycles. The second kappa shape index (κ2) is 12.6. The number of carboxylic acid groups (broad SMARTS) is 2. The van der Waals surface area contributed by atoms with Crippen LogP contribution < -0.4 is 0 Å². The molecule has 0 bridgehead atoms. The molecule has 0 spiro atoms. The summed E-state index contributed by atoms with van der Waals surface area (Å²) in [5.74, 6) is -2.55. The van der Waals surface area contributed by atoms with Gasteiger partial charge in [-0.1, -0.05) is 0 Å². The molecule has 0 amide bonds. The summed E-state index contributed by atoms with van der Waals surface area (Å²) in [5, 5.41) is 49.3. The molecule has 4 N–H and O–H groups in total. The van der Waals surface area contributed by atoms with Crippen LogP contribution in [0.1, 0.15) is 33.6 Å².